The summed E-state index contributed by atoms with van der Waals surface area (Å²) in [4.78, 5) is 37.6. The summed E-state index contributed by atoms with van der Waals surface area (Å²) in [6.45, 7) is 1.41. The highest BCUT2D eigenvalue weighted by Crippen LogP contribution is 2.25. The fraction of sp³-hybridized carbons (Fsp3) is 0.300. The Balaban J connectivity index is 1.82. The Morgan fingerprint density at radius 3 is 2.32 bits per heavy atom. The number of para-hydroxylation sites is 1. The van der Waals surface area contributed by atoms with Crippen LogP contribution in [0.5, 0.6) is 0 Å². The number of nitro benzene ring substituents is 1. The van der Waals surface area contributed by atoms with E-state index in [9.17, 15) is 19.7 Å². The molecule has 0 aliphatic carbocycles. The number of nitrogens with zero attached hydrogens (tertiary/aromatic N) is 2. The first-order valence-corrected chi connectivity index (χ1v) is 9.49. The number of anilines is 1. The van der Waals surface area contributed by atoms with Crippen LogP contribution in [0.3, 0.4) is 0 Å². The molecule has 1 N–H and O–H groups in total. The van der Waals surface area contributed by atoms with Crippen LogP contribution in [0.25, 0.3) is 0 Å². The van der Waals surface area contributed by atoms with Gasteiger partial charge in [-0.15, -0.1) is 0 Å². The average molecular weight is 402 g/mol. The van der Waals surface area contributed by atoms with Crippen molar-refractivity contribution >= 4 is 34.8 Å². The normalized spacial score (nSPS) is 14.2. The van der Waals surface area contributed by atoms with Crippen molar-refractivity contribution < 1.29 is 14.5 Å². The van der Waals surface area contributed by atoms with E-state index in [0.29, 0.717) is 24.3 Å². The fourth-order valence-corrected chi connectivity index (χ4v) is 3.47. The second kappa shape index (κ2) is 8.84. The summed E-state index contributed by atoms with van der Waals surface area (Å²) in [6.07, 6.45) is 4.17. The van der Waals surface area contributed by atoms with Crippen LogP contribution < -0.4 is 5.32 Å². The van der Waals surface area contributed by atoms with E-state index in [1.807, 2.05) is 4.90 Å². The van der Waals surface area contributed by atoms with Crippen LogP contribution in [0.2, 0.25) is 5.02 Å². The van der Waals surface area contributed by atoms with Crippen LogP contribution in [-0.4, -0.2) is 34.7 Å². The third-order valence-electron chi connectivity index (χ3n) is 4.71. The molecular formula is C20H20ClN3O4. The number of likely N-dealkylation sites (tertiary alicyclic amines) is 1. The second-order valence-electron chi connectivity index (χ2n) is 6.63. The van der Waals surface area contributed by atoms with Crippen molar-refractivity contribution in [1.82, 2.24) is 4.90 Å². The lowest BCUT2D eigenvalue weighted by Gasteiger charge is -2.22. The Morgan fingerprint density at radius 1 is 1.00 bits per heavy atom. The van der Waals surface area contributed by atoms with E-state index in [2.05, 4.69) is 5.32 Å². The molecule has 146 valence electrons. The molecule has 28 heavy (non-hydrogen) atoms. The number of benzene rings is 2. The molecule has 7 nitrogen and oxygen atoms in total. The summed E-state index contributed by atoms with van der Waals surface area (Å²) in [7, 11) is 0. The van der Waals surface area contributed by atoms with E-state index in [-0.39, 0.29) is 22.2 Å². The number of nitro groups is 1. The Kier molecular flexibility index (Phi) is 6.26. The standard InChI is InChI=1S/C20H20ClN3O4/c21-17-13-14(24(27)28)9-10-15(17)19(25)22-18-8-4-3-7-16(18)20(26)23-11-5-1-2-6-12-23/h3-4,7-10,13H,1-2,5-6,11-12H2,(H,22,25). The van der Waals surface area contributed by atoms with Crippen LogP contribution in [0.4, 0.5) is 11.4 Å². The van der Waals surface area contributed by atoms with Gasteiger partial charge in [-0.1, -0.05) is 36.6 Å². The molecule has 1 saturated heterocycles. The van der Waals surface area contributed by atoms with Gasteiger partial charge in [-0.25, -0.2) is 0 Å². The van der Waals surface area contributed by atoms with Crippen LogP contribution in [0, 0.1) is 10.1 Å². The molecule has 0 aromatic heterocycles. The fourth-order valence-electron chi connectivity index (χ4n) is 3.21. The van der Waals surface area contributed by atoms with Gasteiger partial charge in [-0.3, -0.25) is 19.7 Å². The van der Waals surface area contributed by atoms with Gasteiger partial charge in [0.15, 0.2) is 0 Å². The van der Waals surface area contributed by atoms with E-state index >= 15 is 0 Å². The van der Waals surface area contributed by atoms with Crippen LogP contribution in [0.1, 0.15) is 46.4 Å². The Labute approximate surface area is 167 Å². The third kappa shape index (κ3) is 4.48. The topological polar surface area (TPSA) is 92.6 Å². The molecule has 0 atom stereocenters. The molecular weight excluding hydrogens is 382 g/mol. The molecule has 1 fully saturated rings. The SMILES string of the molecule is O=C(Nc1ccccc1C(=O)N1CCCCCC1)c1ccc([N+](=O)[O-])cc1Cl. The van der Waals surface area contributed by atoms with Gasteiger partial charge < -0.3 is 10.2 Å². The van der Waals surface area contributed by atoms with Gasteiger partial charge >= 0.3 is 0 Å². The summed E-state index contributed by atoms with van der Waals surface area (Å²) in [5.74, 6) is -0.649. The summed E-state index contributed by atoms with van der Waals surface area (Å²) < 4.78 is 0. The lowest BCUT2D eigenvalue weighted by molar-refractivity contribution is -0.384. The first-order valence-electron chi connectivity index (χ1n) is 9.11. The van der Waals surface area contributed by atoms with Crippen molar-refractivity contribution in [2.24, 2.45) is 0 Å². The largest absolute Gasteiger partial charge is 0.339 e. The molecule has 0 spiro atoms. The number of amides is 2. The van der Waals surface area contributed by atoms with Crippen molar-refractivity contribution in [3.05, 3.63) is 68.7 Å². The minimum Gasteiger partial charge on any atom is -0.339 e. The van der Waals surface area contributed by atoms with Gasteiger partial charge in [0, 0.05) is 25.2 Å². The lowest BCUT2D eigenvalue weighted by Crippen LogP contribution is -2.32. The Bertz CT molecular complexity index is 908. The number of non-ortho nitro benzene ring substituents is 1. The predicted octanol–water partition coefficient (Wildman–Crippen LogP) is 4.52. The van der Waals surface area contributed by atoms with Crippen molar-refractivity contribution in [3.63, 3.8) is 0 Å². The molecule has 2 amide bonds. The molecule has 1 aliphatic heterocycles. The molecule has 2 aromatic carbocycles. The minimum atomic E-state index is -0.581. The van der Waals surface area contributed by atoms with E-state index in [1.54, 1.807) is 24.3 Å². The summed E-state index contributed by atoms with van der Waals surface area (Å²) in [6, 6.07) is 10.5. The third-order valence-corrected chi connectivity index (χ3v) is 5.02. The zero-order valence-electron chi connectivity index (χ0n) is 15.2. The summed E-state index contributed by atoms with van der Waals surface area (Å²) >= 11 is 6.04. The summed E-state index contributed by atoms with van der Waals surface area (Å²) in [5, 5.41) is 13.5. The van der Waals surface area contributed by atoms with E-state index < -0.39 is 10.8 Å². The average Bonchev–Trinajstić information content (AvgIpc) is 2.97. The molecule has 1 aliphatic rings. The number of carbonyl (C=O) groups is 2. The number of rotatable bonds is 4. The van der Waals surface area contributed by atoms with Crippen molar-refractivity contribution in [1.29, 1.82) is 0 Å². The minimum absolute atomic E-state index is 0.0250. The maximum atomic E-state index is 13.0. The smallest absolute Gasteiger partial charge is 0.270 e. The van der Waals surface area contributed by atoms with Gasteiger partial charge in [0.1, 0.15) is 0 Å². The molecule has 8 heteroatoms. The van der Waals surface area contributed by atoms with Gasteiger partial charge in [-0.2, -0.15) is 0 Å². The van der Waals surface area contributed by atoms with Gasteiger partial charge in [0.05, 0.1) is 26.8 Å². The second-order valence-corrected chi connectivity index (χ2v) is 7.03. The first-order chi connectivity index (χ1) is 13.5. The van der Waals surface area contributed by atoms with Gasteiger partial charge in [-0.05, 0) is 31.0 Å². The first kappa shape index (κ1) is 19.8. The van der Waals surface area contributed by atoms with E-state index in [4.69, 9.17) is 11.6 Å². The maximum Gasteiger partial charge on any atom is 0.270 e. The number of halogens is 1. The van der Waals surface area contributed by atoms with E-state index in [0.717, 1.165) is 31.7 Å². The molecule has 0 saturated carbocycles. The molecule has 0 bridgehead atoms. The lowest BCUT2D eigenvalue weighted by atomic mass is 10.1. The number of hydrogen-bond donors (Lipinski definition) is 1. The quantitative estimate of drug-likeness (QED) is 0.602. The van der Waals surface area contributed by atoms with Crippen molar-refractivity contribution in [2.45, 2.75) is 25.7 Å². The summed E-state index contributed by atoms with van der Waals surface area (Å²) in [5.41, 5.74) is 0.703. The molecule has 2 aromatic rings. The number of nitrogens with one attached hydrogen (secondary N) is 1. The Morgan fingerprint density at radius 2 is 1.68 bits per heavy atom. The highest BCUT2D eigenvalue weighted by molar-refractivity contribution is 6.34. The highest BCUT2D eigenvalue weighted by atomic mass is 35.5. The van der Waals surface area contributed by atoms with Crippen LogP contribution >= 0.6 is 11.6 Å². The zero-order chi connectivity index (χ0) is 20.1. The van der Waals surface area contributed by atoms with Gasteiger partial charge in [0.25, 0.3) is 17.5 Å². The van der Waals surface area contributed by atoms with Crippen LogP contribution in [-0.2, 0) is 0 Å². The van der Waals surface area contributed by atoms with Crippen LogP contribution in [0.15, 0.2) is 42.5 Å². The number of carbonyl (C=O) groups excluding carboxylic acids is 2. The highest BCUT2D eigenvalue weighted by Gasteiger charge is 2.22. The molecule has 3 rings (SSSR count). The van der Waals surface area contributed by atoms with Gasteiger partial charge in [0.2, 0.25) is 0 Å². The number of hydrogen-bond acceptors (Lipinski definition) is 4. The Hall–Kier alpha value is -2.93. The molecule has 1 heterocycles. The zero-order valence-corrected chi connectivity index (χ0v) is 15.9. The molecule has 0 radical (unpaired) electrons. The maximum absolute atomic E-state index is 13.0. The molecule has 0 unspecified atom stereocenters. The predicted molar refractivity (Wildman–Crippen MR) is 107 cm³/mol. The van der Waals surface area contributed by atoms with E-state index in [1.165, 1.54) is 12.1 Å². The van der Waals surface area contributed by atoms with Crippen molar-refractivity contribution in [2.75, 3.05) is 18.4 Å². The van der Waals surface area contributed by atoms with Crippen molar-refractivity contribution in [3.8, 4) is 0 Å². The monoisotopic (exact) mass is 401 g/mol.